The van der Waals surface area contributed by atoms with E-state index in [-0.39, 0.29) is 18.6 Å². The molecule has 0 aromatic rings. The average Bonchev–Trinajstić information content (AvgIpc) is 2.30. The van der Waals surface area contributed by atoms with Crippen molar-refractivity contribution in [1.82, 2.24) is 10.2 Å². The van der Waals surface area contributed by atoms with Crippen molar-refractivity contribution in [3.05, 3.63) is 0 Å². The number of aliphatic hydroxyl groups is 1. The van der Waals surface area contributed by atoms with E-state index in [1.54, 1.807) is 0 Å². The van der Waals surface area contributed by atoms with Crippen LogP contribution in [0.4, 0.5) is 0 Å². The third-order valence-corrected chi connectivity index (χ3v) is 3.18. The van der Waals surface area contributed by atoms with E-state index >= 15 is 0 Å². The van der Waals surface area contributed by atoms with Crippen molar-refractivity contribution in [2.45, 2.75) is 45.1 Å². The summed E-state index contributed by atoms with van der Waals surface area (Å²) in [5.74, 6) is 0.235. The van der Waals surface area contributed by atoms with Gasteiger partial charge in [0.05, 0.1) is 0 Å². The number of amides is 1. The van der Waals surface area contributed by atoms with Crippen LogP contribution < -0.4 is 5.32 Å². The lowest BCUT2D eigenvalue weighted by atomic mass is 9.99. The smallest absolute Gasteiger partial charge is 0.224 e. The highest BCUT2D eigenvalue weighted by molar-refractivity contribution is 5.76. The fourth-order valence-electron chi connectivity index (χ4n) is 2.29. The zero-order valence-corrected chi connectivity index (χ0v) is 10.2. The number of rotatable bonds is 6. The van der Waals surface area contributed by atoms with Crippen LogP contribution in [0, 0.1) is 0 Å². The molecule has 1 saturated heterocycles. The Bertz CT molecular complexity index is 207. The zero-order chi connectivity index (χ0) is 11.8. The van der Waals surface area contributed by atoms with Crippen molar-refractivity contribution in [2.24, 2.45) is 0 Å². The molecule has 0 aromatic heterocycles. The molecule has 0 aromatic carbocycles. The maximum atomic E-state index is 12.0. The highest BCUT2D eigenvalue weighted by Gasteiger charge is 2.25. The molecule has 0 spiro atoms. The predicted octanol–water partition coefficient (Wildman–Crippen LogP) is 0.749. The highest BCUT2D eigenvalue weighted by atomic mass is 16.3. The topological polar surface area (TPSA) is 52.6 Å². The van der Waals surface area contributed by atoms with Crippen molar-refractivity contribution in [3.8, 4) is 0 Å². The maximum absolute atomic E-state index is 12.0. The molecule has 2 N–H and O–H groups in total. The first-order valence-corrected chi connectivity index (χ1v) is 6.40. The third-order valence-electron chi connectivity index (χ3n) is 3.18. The molecule has 0 radical (unpaired) electrons. The van der Waals surface area contributed by atoms with Gasteiger partial charge in [-0.05, 0) is 32.2 Å². The van der Waals surface area contributed by atoms with Gasteiger partial charge in [0.15, 0.2) is 0 Å². The maximum Gasteiger partial charge on any atom is 0.224 e. The van der Waals surface area contributed by atoms with Gasteiger partial charge in [0, 0.05) is 32.2 Å². The summed E-state index contributed by atoms with van der Waals surface area (Å²) in [4.78, 5) is 13.9. The number of piperidine rings is 1. The Morgan fingerprint density at radius 2 is 2.31 bits per heavy atom. The fraction of sp³-hybridized carbons (Fsp3) is 0.917. The lowest BCUT2D eigenvalue weighted by Gasteiger charge is -2.35. The second-order valence-corrected chi connectivity index (χ2v) is 4.35. The molecule has 4 heteroatoms. The van der Waals surface area contributed by atoms with Crippen molar-refractivity contribution in [2.75, 3.05) is 26.2 Å². The number of hydrogen-bond donors (Lipinski definition) is 2. The molecule has 4 nitrogen and oxygen atoms in total. The van der Waals surface area contributed by atoms with Crippen LogP contribution in [-0.2, 0) is 4.79 Å². The van der Waals surface area contributed by atoms with Gasteiger partial charge in [0.2, 0.25) is 5.91 Å². The van der Waals surface area contributed by atoms with Crippen molar-refractivity contribution < 1.29 is 9.90 Å². The summed E-state index contributed by atoms with van der Waals surface area (Å²) in [7, 11) is 0. The van der Waals surface area contributed by atoms with E-state index in [1.807, 2.05) is 11.8 Å². The summed E-state index contributed by atoms with van der Waals surface area (Å²) in [5, 5.41) is 12.2. The molecule has 0 aliphatic carbocycles. The standard InChI is InChI=1S/C12H24N2O2/c1-2-13-8-6-12(16)14-9-4-3-5-11(14)7-10-15/h11,13,15H,2-10H2,1H3. The van der Waals surface area contributed by atoms with Crippen LogP contribution >= 0.6 is 0 Å². The molecular weight excluding hydrogens is 204 g/mol. The molecule has 1 amide bonds. The molecular formula is C12H24N2O2. The molecule has 1 atom stereocenters. The number of carbonyl (C=O) groups excluding carboxylic acids is 1. The minimum absolute atomic E-state index is 0.182. The van der Waals surface area contributed by atoms with E-state index in [4.69, 9.17) is 5.11 Å². The molecule has 0 bridgehead atoms. The number of aliphatic hydroxyl groups excluding tert-OH is 1. The Hall–Kier alpha value is -0.610. The van der Waals surface area contributed by atoms with Gasteiger partial charge in [0.1, 0.15) is 0 Å². The molecule has 1 aliphatic rings. The Labute approximate surface area is 98.0 Å². The van der Waals surface area contributed by atoms with E-state index in [1.165, 1.54) is 6.42 Å². The minimum Gasteiger partial charge on any atom is -0.396 e. The fourth-order valence-corrected chi connectivity index (χ4v) is 2.29. The van der Waals surface area contributed by atoms with Crippen LogP contribution in [0.25, 0.3) is 0 Å². The van der Waals surface area contributed by atoms with Gasteiger partial charge in [-0.2, -0.15) is 0 Å². The SMILES string of the molecule is CCNCCC(=O)N1CCCCC1CCO. The molecule has 0 saturated carbocycles. The lowest BCUT2D eigenvalue weighted by molar-refractivity contribution is -0.135. The van der Waals surface area contributed by atoms with Gasteiger partial charge in [-0.15, -0.1) is 0 Å². The predicted molar refractivity (Wildman–Crippen MR) is 64.2 cm³/mol. The summed E-state index contributed by atoms with van der Waals surface area (Å²) in [6.45, 7) is 4.77. The van der Waals surface area contributed by atoms with Gasteiger partial charge in [-0.1, -0.05) is 6.92 Å². The molecule has 1 fully saturated rings. The van der Waals surface area contributed by atoms with Crippen molar-refractivity contribution in [3.63, 3.8) is 0 Å². The molecule has 1 aliphatic heterocycles. The van der Waals surface area contributed by atoms with Crippen LogP contribution in [0.1, 0.15) is 39.0 Å². The van der Waals surface area contributed by atoms with Crippen molar-refractivity contribution in [1.29, 1.82) is 0 Å². The molecule has 1 heterocycles. The van der Waals surface area contributed by atoms with Crippen LogP contribution in [0.3, 0.4) is 0 Å². The van der Waals surface area contributed by atoms with E-state index in [0.717, 1.165) is 38.9 Å². The quantitative estimate of drug-likeness (QED) is 0.660. The number of nitrogens with one attached hydrogen (secondary N) is 1. The van der Waals surface area contributed by atoms with Crippen LogP contribution in [0.2, 0.25) is 0 Å². The lowest BCUT2D eigenvalue weighted by Crippen LogP contribution is -2.44. The molecule has 1 rings (SSSR count). The highest BCUT2D eigenvalue weighted by Crippen LogP contribution is 2.20. The van der Waals surface area contributed by atoms with E-state index < -0.39 is 0 Å². The second kappa shape index (κ2) is 7.63. The second-order valence-electron chi connectivity index (χ2n) is 4.35. The zero-order valence-electron chi connectivity index (χ0n) is 10.2. The first-order chi connectivity index (χ1) is 7.79. The molecule has 16 heavy (non-hydrogen) atoms. The Morgan fingerprint density at radius 3 is 3.00 bits per heavy atom. The van der Waals surface area contributed by atoms with Crippen LogP contribution in [0.5, 0.6) is 0 Å². The van der Waals surface area contributed by atoms with Gasteiger partial charge < -0.3 is 15.3 Å². The normalized spacial score (nSPS) is 21.1. The number of hydrogen-bond acceptors (Lipinski definition) is 3. The minimum atomic E-state index is 0.182. The van der Waals surface area contributed by atoms with Gasteiger partial charge in [-0.3, -0.25) is 4.79 Å². The van der Waals surface area contributed by atoms with E-state index in [0.29, 0.717) is 6.42 Å². The number of likely N-dealkylation sites (tertiary alicyclic amines) is 1. The van der Waals surface area contributed by atoms with Gasteiger partial charge in [-0.25, -0.2) is 0 Å². The molecule has 1 unspecified atom stereocenters. The summed E-state index contributed by atoms with van der Waals surface area (Å²) in [5.41, 5.74) is 0. The van der Waals surface area contributed by atoms with E-state index in [2.05, 4.69) is 5.32 Å². The van der Waals surface area contributed by atoms with Crippen molar-refractivity contribution >= 4 is 5.91 Å². The first kappa shape index (κ1) is 13.5. The summed E-state index contributed by atoms with van der Waals surface area (Å²) < 4.78 is 0. The first-order valence-electron chi connectivity index (χ1n) is 6.40. The van der Waals surface area contributed by atoms with Crippen LogP contribution in [0.15, 0.2) is 0 Å². The molecule has 94 valence electrons. The summed E-state index contributed by atoms with van der Waals surface area (Å²) in [6, 6.07) is 0.271. The Kier molecular flexibility index (Phi) is 6.42. The van der Waals surface area contributed by atoms with E-state index in [9.17, 15) is 4.79 Å². The Morgan fingerprint density at radius 1 is 1.50 bits per heavy atom. The summed E-state index contributed by atoms with van der Waals surface area (Å²) in [6.07, 6.45) is 4.65. The van der Waals surface area contributed by atoms with Crippen LogP contribution in [-0.4, -0.2) is 48.2 Å². The number of nitrogens with zero attached hydrogens (tertiary/aromatic N) is 1. The largest absolute Gasteiger partial charge is 0.396 e. The number of carbonyl (C=O) groups is 1. The third kappa shape index (κ3) is 4.10. The van der Waals surface area contributed by atoms with Gasteiger partial charge in [0.25, 0.3) is 0 Å². The summed E-state index contributed by atoms with van der Waals surface area (Å²) >= 11 is 0. The monoisotopic (exact) mass is 228 g/mol. The Balaban J connectivity index is 2.37. The average molecular weight is 228 g/mol. The van der Waals surface area contributed by atoms with Gasteiger partial charge >= 0.3 is 0 Å².